The SMILES string of the molecule is CCn1cc(C(=O)NC2CCCc3nc(C)ncc32)c(C)n1. The zero-order chi connectivity index (χ0) is 15.7. The Morgan fingerprint density at radius 1 is 1.45 bits per heavy atom. The first-order chi connectivity index (χ1) is 10.6. The van der Waals surface area contributed by atoms with Gasteiger partial charge in [-0.05, 0) is 40.0 Å². The molecule has 6 heteroatoms. The molecule has 1 aliphatic carbocycles. The van der Waals surface area contributed by atoms with Gasteiger partial charge >= 0.3 is 0 Å². The van der Waals surface area contributed by atoms with E-state index in [1.165, 1.54) is 0 Å². The van der Waals surface area contributed by atoms with E-state index in [-0.39, 0.29) is 11.9 Å². The van der Waals surface area contributed by atoms with Crippen LogP contribution in [0.4, 0.5) is 0 Å². The number of carbonyl (C=O) groups is 1. The highest BCUT2D eigenvalue weighted by Crippen LogP contribution is 2.28. The Kier molecular flexibility index (Phi) is 3.92. The molecule has 0 saturated heterocycles. The third-order valence-corrected chi connectivity index (χ3v) is 4.12. The van der Waals surface area contributed by atoms with E-state index in [4.69, 9.17) is 0 Å². The molecule has 0 spiro atoms. The zero-order valence-corrected chi connectivity index (χ0v) is 13.3. The molecule has 1 aliphatic rings. The first-order valence-electron chi connectivity index (χ1n) is 7.75. The van der Waals surface area contributed by atoms with Crippen LogP contribution in [-0.4, -0.2) is 25.7 Å². The van der Waals surface area contributed by atoms with Crippen molar-refractivity contribution >= 4 is 5.91 Å². The van der Waals surface area contributed by atoms with Crippen molar-refractivity contribution in [2.75, 3.05) is 0 Å². The molecular formula is C16H21N5O. The lowest BCUT2D eigenvalue weighted by Crippen LogP contribution is -2.31. The monoisotopic (exact) mass is 299 g/mol. The smallest absolute Gasteiger partial charge is 0.255 e. The van der Waals surface area contributed by atoms with Gasteiger partial charge in [0.25, 0.3) is 5.91 Å². The molecule has 2 aromatic rings. The molecule has 0 radical (unpaired) electrons. The van der Waals surface area contributed by atoms with Gasteiger partial charge in [0.15, 0.2) is 0 Å². The van der Waals surface area contributed by atoms with Gasteiger partial charge in [-0.15, -0.1) is 0 Å². The summed E-state index contributed by atoms with van der Waals surface area (Å²) in [5, 5.41) is 7.45. The Balaban J connectivity index is 1.82. The Morgan fingerprint density at radius 3 is 3.00 bits per heavy atom. The molecule has 0 saturated carbocycles. The highest BCUT2D eigenvalue weighted by molar-refractivity contribution is 5.95. The third-order valence-electron chi connectivity index (χ3n) is 4.12. The number of amides is 1. The number of carbonyl (C=O) groups excluding carboxylic acids is 1. The van der Waals surface area contributed by atoms with E-state index in [0.29, 0.717) is 5.56 Å². The van der Waals surface area contributed by atoms with Crippen LogP contribution in [0, 0.1) is 13.8 Å². The molecule has 22 heavy (non-hydrogen) atoms. The second-order valence-electron chi connectivity index (χ2n) is 5.72. The topological polar surface area (TPSA) is 72.7 Å². The fourth-order valence-electron chi connectivity index (χ4n) is 2.94. The maximum absolute atomic E-state index is 12.5. The van der Waals surface area contributed by atoms with Gasteiger partial charge in [-0.3, -0.25) is 9.48 Å². The standard InChI is InChI=1S/C16H21N5O/c1-4-21-9-13(10(2)20-21)16(22)19-15-7-5-6-14-12(15)8-17-11(3)18-14/h8-9,15H,4-7H2,1-3H3,(H,19,22). The van der Waals surface area contributed by atoms with Crippen LogP contribution < -0.4 is 5.32 Å². The summed E-state index contributed by atoms with van der Waals surface area (Å²) in [5.41, 5.74) is 3.51. The average molecular weight is 299 g/mol. The highest BCUT2D eigenvalue weighted by atomic mass is 16.1. The van der Waals surface area contributed by atoms with Gasteiger partial charge in [0, 0.05) is 30.2 Å². The van der Waals surface area contributed by atoms with Crippen molar-refractivity contribution < 1.29 is 4.79 Å². The van der Waals surface area contributed by atoms with Crippen molar-refractivity contribution in [2.24, 2.45) is 0 Å². The minimum absolute atomic E-state index is 0.0128. The molecular weight excluding hydrogens is 278 g/mol. The summed E-state index contributed by atoms with van der Waals surface area (Å²) < 4.78 is 1.78. The molecule has 0 aliphatic heterocycles. The Hall–Kier alpha value is -2.24. The van der Waals surface area contributed by atoms with Crippen molar-refractivity contribution in [2.45, 2.75) is 52.6 Å². The average Bonchev–Trinajstić information content (AvgIpc) is 2.88. The first kappa shape index (κ1) is 14.7. The molecule has 1 unspecified atom stereocenters. The van der Waals surface area contributed by atoms with Gasteiger partial charge in [-0.25, -0.2) is 9.97 Å². The van der Waals surface area contributed by atoms with E-state index >= 15 is 0 Å². The molecule has 3 rings (SSSR count). The summed E-state index contributed by atoms with van der Waals surface area (Å²) in [7, 11) is 0. The zero-order valence-electron chi connectivity index (χ0n) is 13.3. The van der Waals surface area contributed by atoms with E-state index in [0.717, 1.165) is 48.6 Å². The van der Waals surface area contributed by atoms with Crippen molar-refractivity contribution in [3.8, 4) is 0 Å². The van der Waals surface area contributed by atoms with Crippen LogP contribution in [0.25, 0.3) is 0 Å². The van der Waals surface area contributed by atoms with Crippen LogP contribution in [0.1, 0.15) is 58.9 Å². The third kappa shape index (κ3) is 2.73. The van der Waals surface area contributed by atoms with Crippen LogP contribution in [0.15, 0.2) is 12.4 Å². The number of rotatable bonds is 3. The number of hydrogen-bond donors (Lipinski definition) is 1. The largest absolute Gasteiger partial charge is 0.345 e. The summed E-state index contributed by atoms with van der Waals surface area (Å²) in [4.78, 5) is 21.3. The minimum Gasteiger partial charge on any atom is -0.345 e. The van der Waals surface area contributed by atoms with Gasteiger partial charge in [-0.1, -0.05) is 0 Å². The number of aromatic nitrogens is 4. The number of hydrogen-bond acceptors (Lipinski definition) is 4. The van der Waals surface area contributed by atoms with Crippen LogP contribution in [-0.2, 0) is 13.0 Å². The van der Waals surface area contributed by atoms with Gasteiger partial charge in [0.05, 0.1) is 17.3 Å². The summed E-state index contributed by atoms with van der Waals surface area (Å²) in [6, 6.07) is -0.0128. The van der Waals surface area contributed by atoms with Crippen LogP contribution in [0.3, 0.4) is 0 Å². The Bertz CT molecular complexity index is 707. The predicted molar refractivity (Wildman–Crippen MR) is 82.6 cm³/mol. The normalized spacial score (nSPS) is 17.1. The lowest BCUT2D eigenvalue weighted by atomic mass is 9.92. The number of nitrogens with one attached hydrogen (secondary N) is 1. The molecule has 0 fully saturated rings. The summed E-state index contributed by atoms with van der Waals surface area (Å²) in [6.07, 6.45) is 6.57. The summed E-state index contributed by atoms with van der Waals surface area (Å²) >= 11 is 0. The molecule has 1 amide bonds. The summed E-state index contributed by atoms with van der Waals surface area (Å²) in [5.74, 6) is 0.710. The Morgan fingerprint density at radius 2 is 2.27 bits per heavy atom. The molecule has 0 aromatic carbocycles. The van der Waals surface area contributed by atoms with Crippen molar-refractivity contribution in [3.05, 3.63) is 40.7 Å². The van der Waals surface area contributed by atoms with E-state index < -0.39 is 0 Å². The van der Waals surface area contributed by atoms with Crippen LogP contribution >= 0.6 is 0 Å². The van der Waals surface area contributed by atoms with Crippen molar-refractivity contribution in [1.82, 2.24) is 25.1 Å². The van der Waals surface area contributed by atoms with E-state index in [9.17, 15) is 4.79 Å². The highest BCUT2D eigenvalue weighted by Gasteiger charge is 2.25. The molecule has 1 atom stereocenters. The molecule has 0 bridgehead atoms. The number of aryl methyl sites for hydroxylation is 4. The maximum Gasteiger partial charge on any atom is 0.255 e. The van der Waals surface area contributed by atoms with E-state index in [2.05, 4.69) is 20.4 Å². The lowest BCUT2D eigenvalue weighted by molar-refractivity contribution is 0.0932. The van der Waals surface area contributed by atoms with Crippen molar-refractivity contribution in [1.29, 1.82) is 0 Å². The first-order valence-corrected chi connectivity index (χ1v) is 7.75. The molecule has 116 valence electrons. The van der Waals surface area contributed by atoms with Gasteiger partial charge < -0.3 is 5.32 Å². The lowest BCUT2D eigenvalue weighted by Gasteiger charge is -2.25. The quantitative estimate of drug-likeness (QED) is 0.942. The maximum atomic E-state index is 12.5. The second kappa shape index (κ2) is 5.87. The van der Waals surface area contributed by atoms with Crippen LogP contribution in [0.2, 0.25) is 0 Å². The molecule has 2 aromatic heterocycles. The predicted octanol–water partition coefficient (Wildman–Crippen LogP) is 2.12. The fourth-order valence-corrected chi connectivity index (χ4v) is 2.94. The number of fused-ring (bicyclic) bond motifs is 1. The van der Waals surface area contributed by atoms with Crippen LogP contribution in [0.5, 0.6) is 0 Å². The molecule has 2 heterocycles. The molecule has 1 N–H and O–H groups in total. The fraction of sp³-hybridized carbons (Fsp3) is 0.500. The van der Waals surface area contributed by atoms with Gasteiger partial charge in [0.1, 0.15) is 5.82 Å². The molecule has 6 nitrogen and oxygen atoms in total. The van der Waals surface area contributed by atoms with E-state index in [1.807, 2.05) is 27.0 Å². The van der Waals surface area contributed by atoms with Gasteiger partial charge in [0.2, 0.25) is 0 Å². The van der Waals surface area contributed by atoms with Crippen molar-refractivity contribution in [3.63, 3.8) is 0 Å². The Labute approximate surface area is 130 Å². The minimum atomic E-state index is -0.0735. The number of nitrogens with zero attached hydrogens (tertiary/aromatic N) is 4. The van der Waals surface area contributed by atoms with E-state index in [1.54, 1.807) is 10.9 Å². The second-order valence-corrected chi connectivity index (χ2v) is 5.72. The summed E-state index contributed by atoms with van der Waals surface area (Å²) in [6.45, 7) is 6.52. The van der Waals surface area contributed by atoms with Gasteiger partial charge in [-0.2, -0.15) is 5.10 Å².